The number of rotatable bonds is 4. The van der Waals surface area contributed by atoms with E-state index in [4.69, 9.17) is 5.73 Å². The van der Waals surface area contributed by atoms with E-state index < -0.39 is 5.54 Å². The van der Waals surface area contributed by atoms with Crippen molar-refractivity contribution in [1.29, 1.82) is 0 Å². The van der Waals surface area contributed by atoms with Crippen LogP contribution >= 0.6 is 0 Å². The van der Waals surface area contributed by atoms with Crippen LogP contribution in [-0.4, -0.2) is 18.0 Å². The van der Waals surface area contributed by atoms with Gasteiger partial charge in [0.05, 0.1) is 5.54 Å². The largest absolute Gasteiger partial charge is 0.354 e. The lowest BCUT2D eigenvalue weighted by Crippen LogP contribution is -2.55. The molecule has 0 atom stereocenters. The van der Waals surface area contributed by atoms with Crippen molar-refractivity contribution in [1.82, 2.24) is 5.32 Å². The van der Waals surface area contributed by atoms with Crippen molar-refractivity contribution in [3.63, 3.8) is 0 Å². The fourth-order valence-electron chi connectivity index (χ4n) is 3.62. The average molecular weight is 272 g/mol. The molecule has 0 heterocycles. The number of hydrogen-bond donors (Lipinski definition) is 2. The van der Waals surface area contributed by atoms with Gasteiger partial charge in [-0.15, -0.1) is 0 Å². The highest BCUT2D eigenvalue weighted by Gasteiger charge is 2.41. The third-order valence-corrected chi connectivity index (χ3v) is 5.23. The molecule has 0 radical (unpaired) electrons. The van der Waals surface area contributed by atoms with Crippen molar-refractivity contribution in [3.05, 3.63) is 35.9 Å². The lowest BCUT2D eigenvalue weighted by atomic mass is 9.64. The summed E-state index contributed by atoms with van der Waals surface area (Å²) in [5.74, 6) is 0.0530. The molecule has 3 rings (SSSR count). The maximum Gasteiger partial charge on any atom is 0.240 e. The molecule has 0 spiro atoms. The molecule has 1 aromatic rings. The number of carbonyl (C=O) groups is 1. The lowest BCUT2D eigenvalue weighted by Gasteiger charge is -2.43. The molecule has 108 valence electrons. The predicted octanol–water partition coefficient (Wildman–Crippen LogP) is 2.50. The Kier molecular flexibility index (Phi) is 3.55. The summed E-state index contributed by atoms with van der Waals surface area (Å²) in [6.07, 6.45) is 7.39. The highest BCUT2D eigenvalue weighted by atomic mass is 16.2. The van der Waals surface area contributed by atoms with Crippen LogP contribution in [0.15, 0.2) is 30.3 Å². The minimum absolute atomic E-state index is 0.0530. The number of nitrogens with one attached hydrogen (secondary N) is 1. The molecular formula is C17H24N2O. The molecule has 0 saturated heterocycles. The van der Waals surface area contributed by atoms with Gasteiger partial charge in [-0.3, -0.25) is 4.79 Å². The molecule has 3 nitrogen and oxygen atoms in total. The van der Waals surface area contributed by atoms with E-state index in [0.717, 1.165) is 45.1 Å². The van der Waals surface area contributed by atoms with E-state index in [1.807, 2.05) is 6.07 Å². The van der Waals surface area contributed by atoms with E-state index in [9.17, 15) is 4.79 Å². The van der Waals surface area contributed by atoms with Crippen LogP contribution in [0.5, 0.6) is 0 Å². The summed E-state index contributed by atoms with van der Waals surface area (Å²) in [5, 5.41) is 3.14. The monoisotopic (exact) mass is 272 g/mol. The second-order valence-corrected chi connectivity index (χ2v) is 6.55. The molecule has 20 heavy (non-hydrogen) atoms. The molecule has 2 aliphatic rings. The molecule has 3 heteroatoms. The topological polar surface area (TPSA) is 55.1 Å². The van der Waals surface area contributed by atoms with E-state index >= 15 is 0 Å². The minimum atomic E-state index is -0.609. The van der Waals surface area contributed by atoms with Crippen LogP contribution in [0.25, 0.3) is 0 Å². The molecule has 2 saturated carbocycles. The standard InChI is InChI=1S/C17H24N2O/c18-17(11-4-5-12-17)15(20)19-13-16(9-6-10-16)14-7-2-1-3-8-14/h1-3,7-8H,4-6,9-13,18H2,(H,19,20). The Morgan fingerprint density at radius 3 is 2.25 bits per heavy atom. The predicted molar refractivity (Wildman–Crippen MR) is 80.4 cm³/mol. The van der Waals surface area contributed by atoms with Gasteiger partial charge in [0.1, 0.15) is 0 Å². The minimum Gasteiger partial charge on any atom is -0.354 e. The number of carbonyl (C=O) groups excluding carboxylic acids is 1. The Morgan fingerprint density at radius 1 is 1.05 bits per heavy atom. The molecule has 0 unspecified atom stereocenters. The zero-order chi connectivity index (χ0) is 14.1. The molecule has 0 bridgehead atoms. The van der Waals surface area contributed by atoms with Crippen LogP contribution in [0.3, 0.4) is 0 Å². The Labute approximate surface area is 120 Å². The Morgan fingerprint density at radius 2 is 1.70 bits per heavy atom. The van der Waals surface area contributed by atoms with E-state index in [2.05, 4.69) is 29.6 Å². The van der Waals surface area contributed by atoms with Gasteiger partial charge >= 0.3 is 0 Å². The van der Waals surface area contributed by atoms with Crippen LogP contribution in [0.1, 0.15) is 50.5 Å². The maximum absolute atomic E-state index is 12.3. The number of nitrogens with two attached hydrogens (primary N) is 1. The Bertz CT molecular complexity index is 473. The molecule has 1 aromatic carbocycles. The van der Waals surface area contributed by atoms with Gasteiger partial charge in [-0.05, 0) is 31.2 Å². The van der Waals surface area contributed by atoms with Crippen molar-refractivity contribution >= 4 is 5.91 Å². The molecule has 3 N–H and O–H groups in total. The van der Waals surface area contributed by atoms with Crippen LogP contribution in [-0.2, 0) is 10.2 Å². The Hall–Kier alpha value is -1.35. The van der Waals surface area contributed by atoms with Gasteiger partial charge in [0, 0.05) is 12.0 Å². The van der Waals surface area contributed by atoms with Crippen LogP contribution < -0.4 is 11.1 Å². The van der Waals surface area contributed by atoms with Gasteiger partial charge < -0.3 is 11.1 Å². The van der Waals surface area contributed by atoms with E-state index in [1.165, 1.54) is 12.0 Å². The molecule has 2 aliphatic carbocycles. The van der Waals surface area contributed by atoms with Crippen molar-refractivity contribution < 1.29 is 4.79 Å². The van der Waals surface area contributed by atoms with E-state index in [0.29, 0.717) is 0 Å². The van der Waals surface area contributed by atoms with Gasteiger partial charge in [-0.2, -0.15) is 0 Å². The van der Waals surface area contributed by atoms with Crippen molar-refractivity contribution in [2.24, 2.45) is 5.73 Å². The first-order chi connectivity index (χ1) is 9.65. The fraction of sp³-hybridized carbons (Fsp3) is 0.588. The molecule has 0 aliphatic heterocycles. The summed E-state index contributed by atoms with van der Waals surface area (Å²) in [7, 11) is 0. The second-order valence-electron chi connectivity index (χ2n) is 6.55. The highest BCUT2D eigenvalue weighted by molar-refractivity contribution is 5.86. The second kappa shape index (κ2) is 5.21. The summed E-state index contributed by atoms with van der Waals surface area (Å²) >= 11 is 0. The van der Waals surface area contributed by atoms with Gasteiger partial charge in [-0.1, -0.05) is 49.6 Å². The normalized spacial score (nSPS) is 23.1. The van der Waals surface area contributed by atoms with Gasteiger partial charge in [0.15, 0.2) is 0 Å². The number of hydrogen-bond acceptors (Lipinski definition) is 2. The quantitative estimate of drug-likeness (QED) is 0.885. The summed E-state index contributed by atoms with van der Waals surface area (Å²) in [6, 6.07) is 10.6. The number of benzene rings is 1. The summed E-state index contributed by atoms with van der Waals surface area (Å²) in [6.45, 7) is 0.731. The van der Waals surface area contributed by atoms with Crippen molar-refractivity contribution in [2.75, 3.05) is 6.54 Å². The third kappa shape index (κ3) is 2.35. The van der Waals surface area contributed by atoms with Gasteiger partial charge in [0.25, 0.3) is 0 Å². The molecule has 0 aromatic heterocycles. The smallest absolute Gasteiger partial charge is 0.240 e. The lowest BCUT2D eigenvalue weighted by molar-refractivity contribution is -0.126. The van der Waals surface area contributed by atoms with Gasteiger partial charge in [-0.25, -0.2) is 0 Å². The molecule has 1 amide bonds. The highest BCUT2D eigenvalue weighted by Crippen LogP contribution is 2.43. The first-order valence-electron chi connectivity index (χ1n) is 7.77. The van der Waals surface area contributed by atoms with Crippen molar-refractivity contribution in [2.45, 2.75) is 55.9 Å². The zero-order valence-electron chi connectivity index (χ0n) is 12.0. The van der Waals surface area contributed by atoms with Crippen LogP contribution in [0.2, 0.25) is 0 Å². The zero-order valence-corrected chi connectivity index (χ0v) is 12.0. The number of amides is 1. The first-order valence-corrected chi connectivity index (χ1v) is 7.77. The first kappa shape index (κ1) is 13.6. The molecular weight excluding hydrogens is 248 g/mol. The van der Waals surface area contributed by atoms with E-state index in [1.54, 1.807) is 0 Å². The average Bonchev–Trinajstić information content (AvgIpc) is 2.87. The Balaban J connectivity index is 1.66. The molecule has 2 fully saturated rings. The summed E-state index contributed by atoms with van der Waals surface area (Å²) in [5.41, 5.74) is 7.10. The van der Waals surface area contributed by atoms with Crippen molar-refractivity contribution in [3.8, 4) is 0 Å². The SMILES string of the molecule is NC1(C(=O)NCC2(c3ccccc3)CCC2)CCCC1. The van der Waals surface area contributed by atoms with Gasteiger partial charge in [0.2, 0.25) is 5.91 Å². The van der Waals surface area contributed by atoms with Crippen LogP contribution in [0, 0.1) is 0 Å². The summed E-state index contributed by atoms with van der Waals surface area (Å²) in [4.78, 5) is 12.3. The fourth-order valence-corrected chi connectivity index (χ4v) is 3.62. The third-order valence-electron chi connectivity index (χ3n) is 5.23. The summed E-state index contributed by atoms with van der Waals surface area (Å²) < 4.78 is 0. The maximum atomic E-state index is 12.3. The van der Waals surface area contributed by atoms with E-state index in [-0.39, 0.29) is 11.3 Å². The van der Waals surface area contributed by atoms with Crippen LogP contribution in [0.4, 0.5) is 0 Å².